The minimum absolute atomic E-state index is 0.202. The summed E-state index contributed by atoms with van der Waals surface area (Å²) in [6, 6.07) is 19.8. The van der Waals surface area contributed by atoms with Crippen LogP contribution in [-0.4, -0.2) is 35.7 Å². The predicted molar refractivity (Wildman–Crippen MR) is 143 cm³/mol. The lowest BCUT2D eigenvalue weighted by molar-refractivity contribution is -0.119. The Morgan fingerprint density at radius 1 is 1.05 bits per heavy atom. The number of aromatic hydroxyl groups is 1. The van der Waals surface area contributed by atoms with Crippen LogP contribution in [0.5, 0.6) is 11.5 Å². The van der Waals surface area contributed by atoms with Crippen molar-refractivity contribution in [2.24, 2.45) is 0 Å². The van der Waals surface area contributed by atoms with E-state index in [-0.39, 0.29) is 5.75 Å². The third-order valence-corrected chi connectivity index (χ3v) is 6.34. The van der Waals surface area contributed by atoms with Gasteiger partial charge in [-0.3, -0.25) is 4.79 Å². The molecule has 0 saturated heterocycles. The maximum Gasteiger partial charge on any atom is 0.339 e. The number of hydrogen-bond acceptors (Lipinski definition) is 6. The Hall–Kier alpha value is -4.65. The van der Waals surface area contributed by atoms with Crippen molar-refractivity contribution in [3.8, 4) is 11.5 Å². The lowest BCUT2D eigenvalue weighted by atomic mass is 10.0. The number of amides is 1. The minimum Gasteiger partial charge on any atom is -0.508 e. The highest BCUT2D eigenvalue weighted by Gasteiger charge is 2.28. The zero-order chi connectivity index (χ0) is 25.9. The van der Waals surface area contributed by atoms with Crippen LogP contribution in [0.1, 0.15) is 39.2 Å². The van der Waals surface area contributed by atoms with Crippen molar-refractivity contribution in [3.05, 3.63) is 94.7 Å². The average Bonchev–Trinajstić information content (AvgIpc) is 3.29. The fourth-order valence-corrected chi connectivity index (χ4v) is 4.59. The van der Waals surface area contributed by atoms with Gasteiger partial charge >= 0.3 is 5.97 Å². The first kappa shape index (κ1) is 24.1. The van der Waals surface area contributed by atoms with Crippen molar-refractivity contribution in [1.29, 1.82) is 0 Å². The number of nitrogens with one attached hydrogen (secondary N) is 1. The number of carbonyl (C=O) groups excluding carboxylic acids is 2. The number of esters is 1. The van der Waals surface area contributed by atoms with Gasteiger partial charge in [0.2, 0.25) is 0 Å². The first-order valence-electron chi connectivity index (χ1n) is 12.0. The van der Waals surface area contributed by atoms with E-state index in [2.05, 4.69) is 5.32 Å². The summed E-state index contributed by atoms with van der Waals surface area (Å²) in [6.07, 6.45) is 3.37. The Morgan fingerprint density at radius 2 is 1.84 bits per heavy atom. The van der Waals surface area contributed by atoms with Gasteiger partial charge in [-0.1, -0.05) is 36.4 Å². The average molecular weight is 495 g/mol. The van der Waals surface area contributed by atoms with Crippen LogP contribution in [0.25, 0.3) is 22.6 Å². The van der Waals surface area contributed by atoms with Gasteiger partial charge in [-0.05, 0) is 78.4 Å². The second-order valence-electron chi connectivity index (χ2n) is 8.92. The quantitative estimate of drug-likeness (QED) is 0.342. The molecule has 0 radical (unpaired) electrons. The number of pyridine rings is 1. The van der Waals surface area contributed by atoms with Gasteiger partial charge < -0.3 is 19.9 Å². The van der Waals surface area contributed by atoms with E-state index in [1.165, 1.54) is 7.11 Å². The van der Waals surface area contributed by atoms with Crippen LogP contribution in [0.15, 0.2) is 66.7 Å². The van der Waals surface area contributed by atoms with Crippen molar-refractivity contribution < 1.29 is 24.2 Å². The lowest BCUT2D eigenvalue weighted by Crippen LogP contribution is -2.22. The topological polar surface area (TPSA) is 97.8 Å². The summed E-state index contributed by atoms with van der Waals surface area (Å²) < 4.78 is 10.8. The molecule has 2 N–H and O–H groups in total. The van der Waals surface area contributed by atoms with Crippen LogP contribution >= 0.6 is 0 Å². The molecule has 186 valence electrons. The van der Waals surface area contributed by atoms with E-state index in [4.69, 9.17) is 14.5 Å². The number of anilines is 1. The SMILES string of the molecule is COc1ccc(C)cc1NC(=O)COC(=O)c1c2c(nc3ccccc13)/C(=C\c1ccc(O)cc1)CC2. The molecule has 1 aliphatic rings. The molecule has 1 amide bonds. The molecule has 0 bridgehead atoms. The molecule has 1 aromatic heterocycles. The molecule has 7 nitrogen and oxygen atoms in total. The third-order valence-electron chi connectivity index (χ3n) is 6.34. The highest BCUT2D eigenvalue weighted by Crippen LogP contribution is 2.38. The largest absolute Gasteiger partial charge is 0.508 e. The smallest absolute Gasteiger partial charge is 0.339 e. The Bertz CT molecular complexity index is 1540. The number of carbonyl (C=O) groups is 2. The number of aryl methyl sites for hydroxylation is 1. The van der Waals surface area contributed by atoms with Gasteiger partial charge in [0.05, 0.1) is 29.6 Å². The molecule has 7 heteroatoms. The highest BCUT2D eigenvalue weighted by molar-refractivity contribution is 6.08. The van der Waals surface area contributed by atoms with Crippen LogP contribution in [-0.2, 0) is 16.0 Å². The molecule has 0 spiro atoms. The number of hydrogen-bond donors (Lipinski definition) is 2. The second-order valence-corrected chi connectivity index (χ2v) is 8.92. The van der Waals surface area contributed by atoms with Crippen molar-refractivity contribution in [2.75, 3.05) is 19.0 Å². The molecule has 0 saturated carbocycles. The number of nitrogens with zero attached hydrogens (tertiary/aromatic N) is 1. The van der Waals surface area contributed by atoms with Gasteiger partial charge in [-0.15, -0.1) is 0 Å². The van der Waals surface area contributed by atoms with Crippen molar-refractivity contribution in [3.63, 3.8) is 0 Å². The molecule has 4 aromatic rings. The summed E-state index contributed by atoms with van der Waals surface area (Å²) in [5, 5.41) is 13.0. The third kappa shape index (κ3) is 5.02. The molecular formula is C30H26N2O5. The Morgan fingerprint density at radius 3 is 2.62 bits per heavy atom. The van der Waals surface area contributed by atoms with E-state index < -0.39 is 18.5 Å². The molecule has 37 heavy (non-hydrogen) atoms. The van der Waals surface area contributed by atoms with Crippen LogP contribution in [0.4, 0.5) is 5.69 Å². The monoisotopic (exact) mass is 494 g/mol. The number of phenolic OH excluding ortho intramolecular Hbond substituents is 1. The van der Waals surface area contributed by atoms with Gasteiger partial charge in [0.1, 0.15) is 11.5 Å². The second kappa shape index (κ2) is 10.1. The normalized spacial score (nSPS) is 13.4. The van der Waals surface area contributed by atoms with Crippen LogP contribution in [0, 0.1) is 6.92 Å². The molecule has 1 aliphatic carbocycles. The lowest BCUT2D eigenvalue weighted by Gasteiger charge is -2.13. The van der Waals surface area contributed by atoms with Crippen LogP contribution in [0.2, 0.25) is 0 Å². The summed E-state index contributed by atoms with van der Waals surface area (Å²) in [5.74, 6) is -0.295. The van der Waals surface area contributed by atoms with Crippen LogP contribution in [0.3, 0.4) is 0 Å². The number of ether oxygens (including phenoxy) is 2. The molecule has 0 unspecified atom stereocenters. The molecule has 1 heterocycles. The molecular weight excluding hydrogens is 468 g/mol. The fraction of sp³-hybridized carbons (Fsp3) is 0.167. The van der Waals surface area contributed by atoms with Crippen molar-refractivity contribution in [1.82, 2.24) is 4.98 Å². The summed E-state index contributed by atoms with van der Waals surface area (Å²) in [7, 11) is 1.53. The van der Waals surface area contributed by atoms with Gasteiger partial charge in [0.25, 0.3) is 5.91 Å². The number of benzene rings is 3. The van der Waals surface area contributed by atoms with E-state index >= 15 is 0 Å². The van der Waals surface area contributed by atoms with Gasteiger partial charge in [0.15, 0.2) is 6.61 Å². The van der Waals surface area contributed by atoms with Crippen molar-refractivity contribution >= 4 is 40.1 Å². The zero-order valence-electron chi connectivity index (χ0n) is 20.6. The molecule has 0 atom stereocenters. The van der Waals surface area contributed by atoms with Gasteiger partial charge in [-0.25, -0.2) is 9.78 Å². The van der Waals surface area contributed by atoms with Gasteiger partial charge in [0, 0.05) is 5.39 Å². The standard InChI is InChI=1S/C30H26N2O5/c1-18-7-14-26(36-2)25(15-18)31-27(34)17-37-30(35)28-22-5-3-4-6-24(22)32-29-20(10-13-23(28)29)16-19-8-11-21(33)12-9-19/h3-9,11-12,14-16,33H,10,13,17H2,1-2H3,(H,31,34)/b20-16-. The maximum absolute atomic E-state index is 13.4. The van der Waals surface area contributed by atoms with Gasteiger partial charge in [-0.2, -0.15) is 0 Å². The number of fused-ring (bicyclic) bond motifs is 2. The number of allylic oxidation sites excluding steroid dienone is 1. The predicted octanol–water partition coefficient (Wildman–Crippen LogP) is 5.54. The number of para-hydroxylation sites is 1. The molecule has 3 aromatic carbocycles. The highest BCUT2D eigenvalue weighted by atomic mass is 16.5. The van der Waals surface area contributed by atoms with Crippen LogP contribution < -0.4 is 10.1 Å². The van der Waals surface area contributed by atoms with E-state index in [0.717, 1.165) is 28.0 Å². The Labute approximate surface area is 214 Å². The fourth-order valence-electron chi connectivity index (χ4n) is 4.59. The first-order valence-corrected chi connectivity index (χ1v) is 12.0. The molecule has 0 fully saturated rings. The minimum atomic E-state index is -0.563. The number of aromatic nitrogens is 1. The van der Waals surface area contributed by atoms with E-state index in [1.54, 1.807) is 24.3 Å². The summed E-state index contributed by atoms with van der Waals surface area (Å²) in [4.78, 5) is 30.8. The summed E-state index contributed by atoms with van der Waals surface area (Å²) >= 11 is 0. The molecule has 5 rings (SSSR count). The summed E-state index contributed by atoms with van der Waals surface area (Å²) in [5.41, 5.74) is 6.11. The number of rotatable bonds is 6. The van der Waals surface area contributed by atoms with E-state index in [9.17, 15) is 14.7 Å². The van der Waals surface area contributed by atoms with E-state index in [0.29, 0.717) is 40.7 Å². The first-order chi connectivity index (χ1) is 17.9. The number of methoxy groups -OCH3 is 1. The Balaban J connectivity index is 1.42. The number of phenols is 1. The summed E-state index contributed by atoms with van der Waals surface area (Å²) in [6.45, 7) is 1.48. The molecule has 0 aliphatic heterocycles. The maximum atomic E-state index is 13.4. The van der Waals surface area contributed by atoms with Crippen molar-refractivity contribution in [2.45, 2.75) is 19.8 Å². The van der Waals surface area contributed by atoms with E-state index in [1.807, 2.05) is 55.5 Å². The Kier molecular flexibility index (Phi) is 6.60. The zero-order valence-corrected chi connectivity index (χ0v) is 20.6.